The average Bonchev–Trinajstić information content (AvgIpc) is 3.31. The molecule has 0 unspecified atom stereocenters. The summed E-state index contributed by atoms with van der Waals surface area (Å²) in [6.07, 6.45) is 5.76. The van der Waals surface area contributed by atoms with Gasteiger partial charge in [-0.25, -0.2) is 0 Å². The first-order valence-electron chi connectivity index (χ1n) is 8.41. The molecule has 1 aromatic heterocycles. The van der Waals surface area contributed by atoms with Gasteiger partial charge in [0, 0.05) is 12.4 Å². The maximum absolute atomic E-state index is 12.6. The number of carbonyl (C=O) groups is 1. The number of nitrogens with one attached hydrogen (secondary N) is 1. The maximum atomic E-state index is 12.6. The first kappa shape index (κ1) is 15.1. The van der Waals surface area contributed by atoms with Crippen molar-refractivity contribution in [3.8, 4) is 11.5 Å². The Hall–Kier alpha value is -2.50. The third kappa shape index (κ3) is 2.96. The summed E-state index contributed by atoms with van der Waals surface area (Å²) in [4.78, 5) is 12.6. The molecule has 1 fully saturated rings. The molecule has 1 aliphatic heterocycles. The van der Waals surface area contributed by atoms with Gasteiger partial charge in [0.25, 0.3) is 0 Å². The molecule has 6 heteroatoms. The average molecular weight is 327 g/mol. The zero-order valence-electron chi connectivity index (χ0n) is 13.6. The summed E-state index contributed by atoms with van der Waals surface area (Å²) in [5, 5.41) is 7.35. The van der Waals surface area contributed by atoms with E-state index in [2.05, 4.69) is 10.4 Å². The van der Waals surface area contributed by atoms with Crippen LogP contribution in [0.4, 0.5) is 0 Å². The predicted molar refractivity (Wildman–Crippen MR) is 88.0 cm³/mol. The summed E-state index contributed by atoms with van der Waals surface area (Å²) in [5.41, 5.74) is 1.07. The van der Waals surface area contributed by atoms with E-state index in [1.54, 1.807) is 17.1 Å². The second-order valence-corrected chi connectivity index (χ2v) is 6.39. The topological polar surface area (TPSA) is 65.4 Å². The minimum absolute atomic E-state index is 0.00587. The molecule has 0 bridgehead atoms. The molecule has 0 saturated heterocycles. The van der Waals surface area contributed by atoms with Gasteiger partial charge in [-0.1, -0.05) is 6.07 Å². The summed E-state index contributed by atoms with van der Waals surface area (Å²) >= 11 is 0. The number of benzene rings is 1. The van der Waals surface area contributed by atoms with Crippen molar-refractivity contribution in [2.75, 3.05) is 13.2 Å². The molecule has 2 heterocycles. The van der Waals surface area contributed by atoms with E-state index in [1.165, 1.54) is 0 Å². The molecular weight excluding hydrogens is 306 g/mol. The van der Waals surface area contributed by atoms with E-state index in [0.29, 0.717) is 19.1 Å². The molecule has 1 aliphatic carbocycles. The Kier molecular flexibility index (Phi) is 3.88. The van der Waals surface area contributed by atoms with Crippen molar-refractivity contribution in [2.24, 2.45) is 5.92 Å². The second-order valence-electron chi connectivity index (χ2n) is 6.39. The van der Waals surface area contributed by atoms with E-state index in [-0.39, 0.29) is 18.0 Å². The van der Waals surface area contributed by atoms with Crippen molar-refractivity contribution in [3.63, 3.8) is 0 Å². The molecule has 2 aromatic rings. The number of nitrogens with zero attached hydrogens (tertiary/aromatic N) is 2. The third-order valence-electron chi connectivity index (χ3n) is 4.62. The highest BCUT2D eigenvalue weighted by Crippen LogP contribution is 2.43. The van der Waals surface area contributed by atoms with E-state index >= 15 is 0 Å². The lowest BCUT2D eigenvalue weighted by atomic mass is 10.0. The highest BCUT2D eigenvalue weighted by molar-refractivity contribution is 5.80. The van der Waals surface area contributed by atoms with Gasteiger partial charge in [0.1, 0.15) is 19.3 Å². The molecule has 0 spiro atoms. The first-order valence-corrected chi connectivity index (χ1v) is 8.41. The van der Waals surface area contributed by atoms with Gasteiger partial charge in [0.15, 0.2) is 11.5 Å². The van der Waals surface area contributed by atoms with Gasteiger partial charge in [-0.2, -0.15) is 5.10 Å². The van der Waals surface area contributed by atoms with Crippen molar-refractivity contribution < 1.29 is 14.3 Å². The lowest BCUT2D eigenvalue weighted by Gasteiger charge is -2.24. The summed E-state index contributed by atoms with van der Waals surface area (Å²) in [5.74, 6) is 2.00. The lowest BCUT2D eigenvalue weighted by Crippen LogP contribution is -2.35. The summed E-state index contributed by atoms with van der Waals surface area (Å²) < 4.78 is 12.9. The van der Waals surface area contributed by atoms with Crippen molar-refractivity contribution >= 4 is 5.91 Å². The zero-order chi connectivity index (χ0) is 16.5. The highest BCUT2D eigenvalue weighted by Gasteiger charge is 2.35. The predicted octanol–water partition coefficient (Wildman–Crippen LogP) is 2.48. The van der Waals surface area contributed by atoms with Crippen LogP contribution >= 0.6 is 0 Å². The fourth-order valence-corrected chi connectivity index (χ4v) is 3.06. The van der Waals surface area contributed by atoms with Crippen LogP contribution in [0.3, 0.4) is 0 Å². The summed E-state index contributed by atoms with van der Waals surface area (Å²) in [6, 6.07) is 7.45. The fourth-order valence-electron chi connectivity index (χ4n) is 3.06. The van der Waals surface area contributed by atoms with E-state index in [4.69, 9.17) is 9.47 Å². The Balaban J connectivity index is 1.53. The van der Waals surface area contributed by atoms with Crippen LogP contribution in [0.2, 0.25) is 0 Å². The first-order chi connectivity index (χ1) is 11.7. The number of hydrogen-bond donors (Lipinski definition) is 1. The SMILES string of the molecule is C[C@@H](C(=O)N[C@@H](c1ccc2c(c1)OCCO2)C1CC1)n1cccn1. The number of hydrogen-bond acceptors (Lipinski definition) is 4. The Morgan fingerprint density at radius 3 is 2.79 bits per heavy atom. The number of fused-ring (bicyclic) bond motifs is 1. The van der Waals surface area contributed by atoms with Crippen molar-refractivity contribution in [1.82, 2.24) is 15.1 Å². The molecule has 6 nitrogen and oxygen atoms in total. The van der Waals surface area contributed by atoms with Crippen LogP contribution < -0.4 is 14.8 Å². The Bertz CT molecular complexity index is 725. The molecule has 126 valence electrons. The van der Waals surface area contributed by atoms with Crippen LogP contribution in [0.25, 0.3) is 0 Å². The second kappa shape index (κ2) is 6.19. The van der Waals surface area contributed by atoms with Gasteiger partial charge < -0.3 is 14.8 Å². The maximum Gasteiger partial charge on any atom is 0.245 e. The zero-order valence-corrected chi connectivity index (χ0v) is 13.6. The molecule has 0 radical (unpaired) electrons. The normalized spacial score (nSPS) is 18.7. The summed E-state index contributed by atoms with van der Waals surface area (Å²) in [6.45, 7) is 3.00. The molecule has 1 aromatic carbocycles. The fraction of sp³-hybridized carbons (Fsp3) is 0.444. The summed E-state index contributed by atoms with van der Waals surface area (Å²) in [7, 11) is 0. The van der Waals surface area contributed by atoms with Crippen LogP contribution in [-0.4, -0.2) is 28.9 Å². The molecule has 4 rings (SSSR count). The van der Waals surface area contributed by atoms with Crippen molar-refractivity contribution in [2.45, 2.75) is 31.8 Å². The Morgan fingerprint density at radius 2 is 2.08 bits per heavy atom. The quantitative estimate of drug-likeness (QED) is 0.916. The molecule has 1 saturated carbocycles. The number of amides is 1. The molecule has 1 N–H and O–H groups in total. The number of rotatable bonds is 5. The van der Waals surface area contributed by atoms with E-state index in [1.807, 2.05) is 31.2 Å². The van der Waals surface area contributed by atoms with Gasteiger partial charge in [-0.15, -0.1) is 0 Å². The largest absolute Gasteiger partial charge is 0.486 e. The van der Waals surface area contributed by atoms with Crippen LogP contribution in [0.5, 0.6) is 11.5 Å². The molecular formula is C18H21N3O3. The lowest BCUT2D eigenvalue weighted by molar-refractivity contribution is -0.125. The monoisotopic (exact) mass is 327 g/mol. The van der Waals surface area contributed by atoms with E-state index < -0.39 is 0 Å². The van der Waals surface area contributed by atoms with Crippen LogP contribution in [0.15, 0.2) is 36.7 Å². The van der Waals surface area contributed by atoms with Gasteiger partial charge >= 0.3 is 0 Å². The van der Waals surface area contributed by atoms with E-state index in [9.17, 15) is 4.79 Å². The molecule has 2 atom stereocenters. The third-order valence-corrected chi connectivity index (χ3v) is 4.62. The van der Waals surface area contributed by atoms with Gasteiger partial charge in [-0.3, -0.25) is 9.48 Å². The van der Waals surface area contributed by atoms with Gasteiger partial charge in [-0.05, 0) is 49.4 Å². The van der Waals surface area contributed by atoms with Crippen molar-refractivity contribution in [3.05, 3.63) is 42.2 Å². The molecule has 2 aliphatic rings. The van der Waals surface area contributed by atoms with E-state index in [0.717, 1.165) is 29.9 Å². The highest BCUT2D eigenvalue weighted by atomic mass is 16.6. The Morgan fingerprint density at radius 1 is 1.29 bits per heavy atom. The minimum Gasteiger partial charge on any atom is -0.486 e. The number of carbonyl (C=O) groups excluding carboxylic acids is 1. The standard InChI is InChI=1S/C18H21N3O3/c1-12(21-8-2-7-19-21)18(22)20-17(13-3-4-13)14-5-6-15-16(11-14)24-10-9-23-15/h2,5-8,11-13,17H,3-4,9-10H2,1H3,(H,20,22)/t12-,17+/m0/s1. The van der Waals surface area contributed by atoms with Gasteiger partial charge in [0.2, 0.25) is 5.91 Å². The van der Waals surface area contributed by atoms with Crippen LogP contribution in [0, 0.1) is 5.92 Å². The minimum atomic E-state index is -0.335. The van der Waals surface area contributed by atoms with Gasteiger partial charge in [0.05, 0.1) is 6.04 Å². The van der Waals surface area contributed by atoms with Crippen LogP contribution in [0.1, 0.15) is 37.4 Å². The molecule has 24 heavy (non-hydrogen) atoms. The number of aromatic nitrogens is 2. The van der Waals surface area contributed by atoms with Crippen molar-refractivity contribution in [1.29, 1.82) is 0 Å². The van der Waals surface area contributed by atoms with Crippen LogP contribution in [-0.2, 0) is 4.79 Å². The Labute approximate surface area is 140 Å². The number of ether oxygens (including phenoxy) is 2. The smallest absolute Gasteiger partial charge is 0.245 e. The molecule has 1 amide bonds.